The lowest BCUT2D eigenvalue weighted by molar-refractivity contribution is -0.126. The summed E-state index contributed by atoms with van der Waals surface area (Å²) in [5, 5.41) is 2.88. The van der Waals surface area contributed by atoms with E-state index in [1.165, 1.54) is 0 Å². The van der Waals surface area contributed by atoms with E-state index in [2.05, 4.69) is 17.2 Å². The predicted octanol–water partition coefficient (Wildman–Crippen LogP) is 1.36. The van der Waals surface area contributed by atoms with Gasteiger partial charge in [0.05, 0.1) is 12.2 Å². The van der Waals surface area contributed by atoms with Gasteiger partial charge in [0, 0.05) is 12.2 Å². The molecule has 0 radical (unpaired) electrons. The quantitative estimate of drug-likeness (QED) is 0.787. The fourth-order valence-corrected chi connectivity index (χ4v) is 2.08. The highest BCUT2D eigenvalue weighted by atomic mass is 16.5. The van der Waals surface area contributed by atoms with E-state index in [1.54, 1.807) is 0 Å². The molecule has 1 saturated heterocycles. The highest BCUT2D eigenvalue weighted by Crippen LogP contribution is 2.22. The summed E-state index contributed by atoms with van der Waals surface area (Å²) in [4.78, 5) is 12.1. The van der Waals surface area contributed by atoms with E-state index in [0.717, 1.165) is 12.0 Å². The molecule has 2 unspecified atom stereocenters. The zero-order chi connectivity index (χ0) is 13.7. The van der Waals surface area contributed by atoms with Crippen molar-refractivity contribution in [3.8, 4) is 11.8 Å². The van der Waals surface area contributed by atoms with E-state index in [1.807, 2.05) is 31.2 Å². The summed E-state index contributed by atoms with van der Waals surface area (Å²) >= 11 is 0. The second kappa shape index (κ2) is 6.37. The van der Waals surface area contributed by atoms with Crippen LogP contribution in [0.25, 0.3) is 0 Å². The Hall–Kier alpha value is -1.83. The normalized spacial score (nSPS) is 21.6. The predicted molar refractivity (Wildman–Crippen MR) is 74.5 cm³/mol. The first-order valence-electron chi connectivity index (χ1n) is 6.43. The molecular weight excluding hydrogens is 240 g/mol. The van der Waals surface area contributed by atoms with Gasteiger partial charge in [0.15, 0.2) is 0 Å². The van der Waals surface area contributed by atoms with Crippen LogP contribution in [0.5, 0.6) is 0 Å². The molecule has 4 nitrogen and oxygen atoms in total. The monoisotopic (exact) mass is 258 g/mol. The van der Waals surface area contributed by atoms with Crippen molar-refractivity contribution in [3.63, 3.8) is 0 Å². The van der Waals surface area contributed by atoms with Gasteiger partial charge in [-0.15, -0.1) is 0 Å². The number of amides is 1. The van der Waals surface area contributed by atoms with Crippen molar-refractivity contribution in [1.29, 1.82) is 0 Å². The van der Waals surface area contributed by atoms with Gasteiger partial charge in [-0.05, 0) is 24.5 Å². The Morgan fingerprint density at radius 1 is 1.53 bits per heavy atom. The van der Waals surface area contributed by atoms with Gasteiger partial charge < -0.3 is 15.8 Å². The number of para-hydroxylation sites is 1. The molecule has 1 aliphatic rings. The van der Waals surface area contributed by atoms with Crippen LogP contribution < -0.4 is 11.1 Å². The third-order valence-electron chi connectivity index (χ3n) is 3.16. The molecule has 1 aromatic carbocycles. The van der Waals surface area contributed by atoms with Crippen LogP contribution in [0, 0.1) is 17.8 Å². The highest BCUT2D eigenvalue weighted by Gasteiger charge is 2.31. The van der Waals surface area contributed by atoms with E-state index in [0.29, 0.717) is 18.8 Å². The van der Waals surface area contributed by atoms with Gasteiger partial charge in [0.1, 0.15) is 6.10 Å². The molecule has 1 aliphatic heterocycles. The molecule has 1 aromatic rings. The Morgan fingerprint density at radius 3 is 3.00 bits per heavy atom. The van der Waals surface area contributed by atoms with Crippen LogP contribution >= 0.6 is 0 Å². The van der Waals surface area contributed by atoms with E-state index in [-0.39, 0.29) is 17.9 Å². The largest absolute Gasteiger partial charge is 0.368 e. The van der Waals surface area contributed by atoms with Crippen molar-refractivity contribution in [2.75, 3.05) is 18.5 Å². The number of benzene rings is 1. The van der Waals surface area contributed by atoms with Gasteiger partial charge in [-0.25, -0.2) is 0 Å². The number of carbonyl (C=O) groups excluding carboxylic acids is 1. The number of rotatable bonds is 2. The smallest absolute Gasteiger partial charge is 0.253 e. The summed E-state index contributed by atoms with van der Waals surface area (Å²) in [5.74, 6) is 5.89. The fraction of sp³-hybridized carbons (Fsp3) is 0.400. The molecule has 0 bridgehead atoms. The van der Waals surface area contributed by atoms with Gasteiger partial charge >= 0.3 is 0 Å². The summed E-state index contributed by atoms with van der Waals surface area (Å²) in [6.45, 7) is 2.97. The lowest BCUT2D eigenvalue weighted by atomic mass is 10.0. The minimum atomic E-state index is -0.365. The van der Waals surface area contributed by atoms with Crippen molar-refractivity contribution in [2.24, 2.45) is 11.7 Å². The number of hydrogen-bond acceptors (Lipinski definition) is 3. The summed E-state index contributed by atoms with van der Waals surface area (Å²) in [6.07, 6.45) is 0.558. The summed E-state index contributed by atoms with van der Waals surface area (Å²) in [5.41, 5.74) is 6.84. The number of ether oxygens (including phenoxy) is 1. The highest BCUT2D eigenvalue weighted by molar-refractivity contribution is 5.95. The average molecular weight is 258 g/mol. The van der Waals surface area contributed by atoms with Crippen molar-refractivity contribution < 1.29 is 9.53 Å². The molecule has 3 N–H and O–H groups in total. The van der Waals surface area contributed by atoms with Crippen molar-refractivity contribution in [3.05, 3.63) is 29.8 Å². The number of carbonyl (C=O) groups is 1. The molecule has 100 valence electrons. The molecule has 1 amide bonds. The zero-order valence-electron chi connectivity index (χ0n) is 11.0. The Bertz CT molecular complexity index is 516. The molecule has 0 spiro atoms. The van der Waals surface area contributed by atoms with E-state index < -0.39 is 0 Å². The van der Waals surface area contributed by atoms with Crippen LogP contribution in [0.15, 0.2) is 24.3 Å². The second-order valence-electron chi connectivity index (χ2n) is 4.60. The van der Waals surface area contributed by atoms with Crippen molar-refractivity contribution >= 4 is 11.6 Å². The summed E-state index contributed by atoms with van der Waals surface area (Å²) in [7, 11) is 0. The first-order chi connectivity index (χ1) is 9.22. The van der Waals surface area contributed by atoms with E-state index in [4.69, 9.17) is 10.5 Å². The Kier molecular flexibility index (Phi) is 4.56. The van der Waals surface area contributed by atoms with Crippen molar-refractivity contribution in [2.45, 2.75) is 19.4 Å². The van der Waals surface area contributed by atoms with Gasteiger partial charge in [-0.1, -0.05) is 30.9 Å². The molecule has 1 heterocycles. The Balaban J connectivity index is 2.12. The number of hydrogen-bond donors (Lipinski definition) is 2. The molecule has 0 saturated carbocycles. The molecule has 4 heteroatoms. The maximum absolute atomic E-state index is 12.1. The minimum Gasteiger partial charge on any atom is -0.368 e. The number of nitrogens with one attached hydrogen (secondary N) is 1. The SMILES string of the molecule is CC1CCOC1C(=O)Nc1ccccc1C#CCN. The minimum absolute atomic E-state index is 0.105. The maximum atomic E-state index is 12.1. The van der Waals surface area contributed by atoms with E-state index in [9.17, 15) is 4.79 Å². The standard InChI is InChI=1S/C15H18N2O2/c1-11-8-10-19-14(11)15(18)17-13-7-3-2-5-12(13)6-4-9-16/h2-3,5,7,11,14H,8-10,16H2,1H3,(H,17,18). The number of nitrogens with two attached hydrogens (primary N) is 1. The van der Waals surface area contributed by atoms with Crippen LogP contribution in [0.2, 0.25) is 0 Å². The molecule has 1 fully saturated rings. The fourth-order valence-electron chi connectivity index (χ4n) is 2.08. The third kappa shape index (κ3) is 3.34. The Labute approximate surface area is 113 Å². The Morgan fingerprint density at radius 2 is 2.32 bits per heavy atom. The van der Waals surface area contributed by atoms with Crippen LogP contribution in [0.3, 0.4) is 0 Å². The molecule has 0 aliphatic carbocycles. The maximum Gasteiger partial charge on any atom is 0.253 e. The van der Waals surface area contributed by atoms with Gasteiger partial charge in [-0.3, -0.25) is 4.79 Å². The molecule has 2 atom stereocenters. The summed E-state index contributed by atoms with van der Waals surface area (Å²) < 4.78 is 5.45. The topological polar surface area (TPSA) is 64.3 Å². The summed E-state index contributed by atoms with van der Waals surface area (Å²) in [6, 6.07) is 7.43. The van der Waals surface area contributed by atoms with Gasteiger partial charge in [0.2, 0.25) is 0 Å². The van der Waals surface area contributed by atoms with Crippen molar-refractivity contribution in [1.82, 2.24) is 0 Å². The molecule has 2 rings (SSSR count). The first-order valence-corrected chi connectivity index (χ1v) is 6.43. The lowest BCUT2D eigenvalue weighted by Gasteiger charge is -2.15. The van der Waals surface area contributed by atoms with Gasteiger partial charge in [-0.2, -0.15) is 0 Å². The average Bonchev–Trinajstić information content (AvgIpc) is 2.84. The molecule has 0 aromatic heterocycles. The lowest BCUT2D eigenvalue weighted by Crippen LogP contribution is -2.31. The molecule has 19 heavy (non-hydrogen) atoms. The van der Waals surface area contributed by atoms with Crippen LogP contribution in [0.1, 0.15) is 18.9 Å². The molecular formula is C15H18N2O2. The van der Waals surface area contributed by atoms with Crippen LogP contribution in [0.4, 0.5) is 5.69 Å². The number of anilines is 1. The zero-order valence-corrected chi connectivity index (χ0v) is 11.0. The van der Waals surface area contributed by atoms with Crippen LogP contribution in [-0.4, -0.2) is 25.2 Å². The van der Waals surface area contributed by atoms with Crippen LogP contribution in [-0.2, 0) is 9.53 Å². The first kappa shape index (κ1) is 13.6. The van der Waals surface area contributed by atoms with Gasteiger partial charge in [0.25, 0.3) is 5.91 Å². The third-order valence-corrected chi connectivity index (χ3v) is 3.16. The van der Waals surface area contributed by atoms with E-state index >= 15 is 0 Å². The second-order valence-corrected chi connectivity index (χ2v) is 4.60.